The first-order valence-corrected chi connectivity index (χ1v) is 29.5. The number of phenolic OH excluding ortho intramolecular Hbond substituents is 1. The van der Waals surface area contributed by atoms with Gasteiger partial charge in [-0.3, -0.25) is 52.7 Å². The van der Waals surface area contributed by atoms with Crippen LogP contribution in [-0.4, -0.2) is 189 Å². The molecule has 0 unspecified atom stereocenters. The fourth-order valence-corrected chi connectivity index (χ4v) is 11.0. The minimum atomic E-state index is -1.77. The lowest BCUT2D eigenvalue weighted by Crippen LogP contribution is -2.61. The van der Waals surface area contributed by atoms with E-state index >= 15 is 0 Å². The standard InChI is InChI=1S/C61H70N16O14/c1-32(53(83)71-44(20-34-24-64-41-9-4-2-7-39(34)41)56(86)75-48(19-33-12-14-38(79)15-13-33)61(91)77-18-6-11-50(77)60(90)66-28-52(81)82)69-55(85)46(22-36-26-62-30-67-36)74-59(89)49(29-78)76-57(87)45(21-35-25-65-42-10-5-3-8-40(35)42)72-58(88)47(23-37-27-63-31-68-37)73-54(84)43-16-17-51(80)70-43/h2-5,7-10,12-15,24-27,30-32,43-50,64-65,78-79H,6,11,16-23,28-29H2,1H3,(H,62,67)(H,63,68)(H,66,90)(H,69,85)(H,70,80)(H,71,83)(H,72,88)(H,73,84)(H,74,89)(H,75,86)(H,76,87)(H,81,82)/t32-,43+,44+,45+,46+,47+,48+,49+,50+/m1/s1. The first-order valence-electron chi connectivity index (χ1n) is 29.5. The maximum Gasteiger partial charge on any atom is 0.322 e. The number of para-hydroxylation sites is 2. The number of carboxylic acid groups (broad SMARTS) is 1. The minimum Gasteiger partial charge on any atom is -0.508 e. The van der Waals surface area contributed by atoms with E-state index in [-0.39, 0.29) is 69.6 Å². The predicted octanol–water partition coefficient (Wildman–Crippen LogP) is -1.81. The summed E-state index contributed by atoms with van der Waals surface area (Å²) in [6, 6.07) is 7.89. The number of carbonyl (C=O) groups is 11. The Bertz CT molecular complexity index is 3770. The number of fused-ring (bicyclic) bond motifs is 2. The van der Waals surface area contributed by atoms with E-state index in [9.17, 15) is 68.1 Å². The first-order chi connectivity index (χ1) is 43.8. The Morgan fingerprint density at radius 2 is 1.09 bits per heavy atom. The van der Waals surface area contributed by atoms with E-state index in [2.05, 4.69) is 77.8 Å². The molecule has 30 heteroatoms. The van der Waals surface area contributed by atoms with Gasteiger partial charge in [-0.1, -0.05) is 48.5 Å². The van der Waals surface area contributed by atoms with Crippen molar-refractivity contribution in [1.82, 2.24) is 82.7 Å². The quantitative estimate of drug-likeness (QED) is 0.0246. The van der Waals surface area contributed by atoms with Crippen LogP contribution in [0.2, 0.25) is 0 Å². The van der Waals surface area contributed by atoms with Gasteiger partial charge in [0.25, 0.3) is 0 Å². The number of amides is 10. The summed E-state index contributed by atoms with van der Waals surface area (Å²) < 4.78 is 0. The summed E-state index contributed by atoms with van der Waals surface area (Å²) in [7, 11) is 0. The molecule has 2 fully saturated rings. The van der Waals surface area contributed by atoms with Crippen molar-refractivity contribution in [2.45, 2.75) is 119 Å². The van der Waals surface area contributed by atoms with E-state index in [0.29, 0.717) is 56.3 Å². The van der Waals surface area contributed by atoms with Crippen molar-refractivity contribution < 1.29 is 68.1 Å². The predicted molar refractivity (Wildman–Crippen MR) is 323 cm³/mol. The molecule has 3 aromatic carbocycles. The molecule has 0 spiro atoms. The average molecular weight is 1250 g/mol. The largest absolute Gasteiger partial charge is 0.508 e. The number of H-pyrrole nitrogens is 4. The van der Waals surface area contributed by atoms with Crippen molar-refractivity contribution in [3.8, 4) is 5.75 Å². The van der Waals surface area contributed by atoms with E-state index in [0.717, 1.165) is 0 Å². The highest BCUT2D eigenvalue weighted by atomic mass is 16.4. The zero-order valence-corrected chi connectivity index (χ0v) is 49.2. The Morgan fingerprint density at radius 3 is 1.62 bits per heavy atom. The summed E-state index contributed by atoms with van der Waals surface area (Å²) in [5.74, 6) is -9.23. The number of aromatic amines is 4. The van der Waals surface area contributed by atoms with Gasteiger partial charge in [-0.05, 0) is 67.1 Å². The molecule has 0 bridgehead atoms. The zero-order chi connectivity index (χ0) is 64.7. The van der Waals surface area contributed by atoms with E-state index in [1.807, 2.05) is 0 Å². The molecule has 4 aromatic heterocycles. The summed E-state index contributed by atoms with van der Waals surface area (Å²) in [6.45, 7) is -0.283. The fourth-order valence-electron chi connectivity index (χ4n) is 11.0. The van der Waals surface area contributed by atoms with Gasteiger partial charge in [0, 0.05) is 103 Å². The van der Waals surface area contributed by atoms with Gasteiger partial charge >= 0.3 is 5.97 Å². The number of aromatic nitrogens is 6. The van der Waals surface area contributed by atoms with Crippen molar-refractivity contribution >= 4 is 86.8 Å². The van der Waals surface area contributed by atoms with Gasteiger partial charge in [-0.15, -0.1) is 0 Å². The van der Waals surface area contributed by atoms with Crippen molar-refractivity contribution in [3.63, 3.8) is 0 Å². The topological polar surface area (TPSA) is 449 Å². The number of aliphatic carboxylic acids is 1. The number of nitrogens with one attached hydrogen (secondary N) is 13. The number of hydrogen-bond acceptors (Lipinski definition) is 15. The van der Waals surface area contributed by atoms with E-state index in [1.165, 1.54) is 49.0 Å². The lowest BCUT2D eigenvalue weighted by Gasteiger charge is -2.30. The molecule has 478 valence electrons. The van der Waals surface area contributed by atoms with Crippen LogP contribution in [-0.2, 0) is 84.8 Å². The van der Waals surface area contributed by atoms with Gasteiger partial charge in [0.05, 0.1) is 19.3 Å². The van der Waals surface area contributed by atoms with Crippen molar-refractivity contribution in [2.24, 2.45) is 0 Å². The Morgan fingerprint density at radius 1 is 0.582 bits per heavy atom. The molecule has 0 saturated carbocycles. The fraction of sp³-hybridized carbons (Fsp3) is 0.361. The Hall–Kier alpha value is -10.9. The number of rotatable bonds is 29. The SMILES string of the molecule is C[C@@H](NC(=O)[C@H](Cc1cnc[nH]1)NC(=O)[C@H](CO)NC(=O)[C@H](Cc1c[nH]c2ccccc12)NC(=O)[C@H](Cc1cnc[nH]1)NC(=O)[C@@H]1CCC(=O)N1)C(=O)N[C@@H](Cc1c[nH]c2ccccc12)C(=O)N[C@@H](Cc1ccc(O)cc1)C(=O)N1CCC[C@H]1C(=O)NCC(=O)O. The van der Waals surface area contributed by atoms with Crippen LogP contribution >= 0.6 is 0 Å². The number of likely N-dealkylation sites (tertiary alicyclic amines) is 1. The summed E-state index contributed by atoms with van der Waals surface area (Å²) in [5, 5.41) is 54.8. The molecule has 16 N–H and O–H groups in total. The number of hydrogen-bond donors (Lipinski definition) is 16. The minimum absolute atomic E-state index is 0.0654. The van der Waals surface area contributed by atoms with Crippen LogP contribution < -0.4 is 47.9 Å². The third kappa shape index (κ3) is 16.8. The van der Waals surface area contributed by atoms with Gasteiger partial charge in [0.1, 0.15) is 66.7 Å². The van der Waals surface area contributed by atoms with Crippen LogP contribution in [0, 0.1) is 0 Å². The number of carboxylic acids is 1. The molecule has 6 heterocycles. The number of nitrogens with zero attached hydrogens (tertiary/aromatic N) is 3. The molecule has 2 saturated heterocycles. The number of carbonyl (C=O) groups excluding carboxylic acids is 10. The molecule has 91 heavy (non-hydrogen) atoms. The second-order valence-electron chi connectivity index (χ2n) is 22.3. The van der Waals surface area contributed by atoms with Crippen LogP contribution in [0.25, 0.3) is 21.8 Å². The smallest absolute Gasteiger partial charge is 0.322 e. The third-order valence-electron chi connectivity index (χ3n) is 15.8. The monoisotopic (exact) mass is 1250 g/mol. The van der Waals surface area contributed by atoms with E-state index in [1.54, 1.807) is 73.1 Å². The lowest BCUT2D eigenvalue weighted by molar-refractivity contribution is -0.143. The van der Waals surface area contributed by atoms with Crippen LogP contribution in [0.3, 0.4) is 0 Å². The molecule has 9 atom stereocenters. The van der Waals surface area contributed by atoms with Crippen molar-refractivity contribution in [2.75, 3.05) is 19.7 Å². The van der Waals surface area contributed by atoms with Gasteiger partial charge in [0.2, 0.25) is 59.1 Å². The summed E-state index contributed by atoms with van der Waals surface area (Å²) in [4.78, 5) is 173. The number of benzene rings is 3. The maximum atomic E-state index is 14.8. The molecule has 2 aliphatic heterocycles. The molecular formula is C61H70N16O14. The van der Waals surface area contributed by atoms with Crippen LogP contribution in [0.5, 0.6) is 5.75 Å². The molecule has 9 rings (SSSR count). The van der Waals surface area contributed by atoms with Crippen molar-refractivity contribution in [1.29, 1.82) is 0 Å². The van der Waals surface area contributed by atoms with Gasteiger partial charge in [0.15, 0.2) is 0 Å². The molecular weight excluding hydrogens is 1180 g/mol. The number of aliphatic hydroxyl groups excluding tert-OH is 1. The average Bonchev–Trinajstić information content (AvgIpc) is 2.19. The van der Waals surface area contributed by atoms with Gasteiger partial charge in [-0.25, -0.2) is 9.97 Å². The van der Waals surface area contributed by atoms with E-state index < -0.39 is 127 Å². The molecule has 2 aliphatic rings. The Balaban J connectivity index is 0.916. The summed E-state index contributed by atoms with van der Waals surface area (Å²) in [6.07, 6.45) is 8.86. The zero-order valence-electron chi connectivity index (χ0n) is 49.2. The highest BCUT2D eigenvalue weighted by Gasteiger charge is 2.40. The Kier molecular flexibility index (Phi) is 21.2. The lowest BCUT2D eigenvalue weighted by atomic mass is 10.0. The molecule has 0 radical (unpaired) electrons. The van der Waals surface area contributed by atoms with Crippen LogP contribution in [0.15, 0.2) is 110 Å². The number of aromatic hydroxyl groups is 1. The Labute approximate surface area is 518 Å². The summed E-state index contributed by atoms with van der Waals surface area (Å²) >= 11 is 0. The van der Waals surface area contributed by atoms with Crippen molar-refractivity contribution in [3.05, 3.63) is 138 Å². The highest BCUT2D eigenvalue weighted by molar-refractivity contribution is 6.00. The third-order valence-corrected chi connectivity index (χ3v) is 15.8. The second-order valence-corrected chi connectivity index (χ2v) is 22.3. The van der Waals surface area contributed by atoms with Crippen LogP contribution in [0.4, 0.5) is 0 Å². The first kappa shape index (κ1) is 64.6. The number of imidazole rings is 2. The second kappa shape index (κ2) is 29.9. The molecule has 30 nitrogen and oxygen atoms in total. The van der Waals surface area contributed by atoms with E-state index in [4.69, 9.17) is 0 Å². The van der Waals surface area contributed by atoms with Crippen LogP contribution in [0.1, 0.15) is 60.7 Å². The number of aliphatic hydroxyl groups is 1. The van der Waals surface area contributed by atoms with Gasteiger partial charge in [-0.2, -0.15) is 0 Å². The highest BCUT2D eigenvalue weighted by Crippen LogP contribution is 2.24. The molecule has 0 aliphatic carbocycles. The van der Waals surface area contributed by atoms with Gasteiger partial charge < -0.3 is 88.0 Å². The normalized spacial score (nSPS) is 16.9. The number of phenols is 1. The molecule has 7 aromatic rings. The molecule has 10 amide bonds. The summed E-state index contributed by atoms with van der Waals surface area (Å²) in [5.41, 5.74) is 3.86. The maximum absolute atomic E-state index is 14.8.